The molecule has 0 heterocycles. The molecule has 1 fully saturated rings. The molecule has 0 saturated heterocycles. The quantitative estimate of drug-likeness (QED) is 0.658. The van der Waals surface area contributed by atoms with Gasteiger partial charge < -0.3 is 5.32 Å². The van der Waals surface area contributed by atoms with Crippen LogP contribution >= 0.6 is 11.6 Å². The third-order valence-electron chi connectivity index (χ3n) is 4.76. The van der Waals surface area contributed by atoms with Crippen molar-refractivity contribution in [1.29, 1.82) is 0 Å². The molecule has 0 aromatic heterocycles. The molecule has 0 radical (unpaired) electrons. The molecule has 1 saturated carbocycles. The van der Waals surface area contributed by atoms with Gasteiger partial charge in [0.15, 0.2) is 0 Å². The van der Waals surface area contributed by atoms with Crippen LogP contribution in [0.5, 0.6) is 0 Å². The van der Waals surface area contributed by atoms with Crippen molar-refractivity contribution in [3.63, 3.8) is 0 Å². The van der Waals surface area contributed by atoms with Crippen LogP contribution in [0.15, 0.2) is 24.3 Å². The third kappa shape index (κ3) is 6.00. The average molecular weight is 308 g/mol. The average Bonchev–Trinajstić information content (AvgIpc) is 2.53. The van der Waals surface area contributed by atoms with Crippen molar-refractivity contribution in [2.45, 2.75) is 70.8 Å². The molecule has 1 atom stereocenters. The van der Waals surface area contributed by atoms with Crippen LogP contribution in [0.1, 0.15) is 63.9 Å². The zero-order chi connectivity index (χ0) is 14.9. The molecule has 1 aliphatic rings. The van der Waals surface area contributed by atoms with Crippen LogP contribution in [0.3, 0.4) is 0 Å². The number of nitrogens with one attached hydrogen (secondary N) is 1. The number of hydrogen-bond donors (Lipinski definition) is 1. The molecule has 0 spiro atoms. The van der Waals surface area contributed by atoms with Crippen molar-refractivity contribution in [3.05, 3.63) is 34.9 Å². The zero-order valence-corrected chi connectivity index (χ0v) is 14.2. The fourth-order valence-electron chi connectivity index (χ4n) is 3.47. The van der Waals surface area contributed by atoms with Crippen molar-refractivity contribution in [2.75, 3.05) is 6.54 Å². The summed E-state index contributed by atoms with van der Waals surface area (Å²) in [5.41, 5.74) is 1.29. The second-order valence-electron chi connectivity index (χ2n) is 6.53. The number of halogens is 1. The first-order chi connectivity index (χ1) is 10.3. The molecule has 21 heavy (non-hydrogen) atoms. The van der Waals surface area contributed by atoms with Crippen LogP contribution < -0.4 is 5.32 Å². The molecule has 2 heteroatoms. The van der Waals surface area contributed by atoms with E-state index in [0.29, 0.717) is 6.04 Å². The first kappa shape index (κ1) is 16.8. The van der Waals surface area contributed by atoms with Gasteiger partial charge in [0.1, 0.15) is 0 Å². The first-order valence-corrected chi connectivity index (χ1v) is 9.14. The minimum absolute atomic E-state index is 0.576. The van der Waals surface area contributed by atoms with E-state index in [9.17, 15) is 0 Å². The fourth-order valence-corrected chi connectivity index (χ4v) is 3.68. The normalized spacial score (nSPS) is 17.8. The predicted molar refractivity (Wildman–Crippen MR) is 93.0 cm³/mol. The van der Waals surface area contributed by atoms with Crippen molar-refractivity contribution in [3.8, 4) is 0 Å². The highest BCUT2D eigenvalue weighted by Gasteiger charge is 2.17. The molecule has 0 bridgehead atoms. The van der Waals surface area contributed by atoms with E-state index in [1.165, 1.54) is 56.9 Å². The van der Waals surface area contributed by atoms with Crippen molar-refractivity contribution >= 4 is 11.6 Å². The van der Waals surface area contributed by atoms with Gasteiger partial charge in [0.25, 0.3) is 0 Å². The van der Waals surface area contributed by atoms with E-state index in [2.05, 4.69) is 24.4 Å². The lowest BCUT2D eigenvalue weighted by molar-refractivity contribution is 0.312. The van der Waals surface area contributed by atoms with Gasteiger partial charge in [-0.05, 0) is 49.8 Å². The van der Waals surface area contributed by atoms with Gasteiger partial charge in [-0.1, -0.05) is 68.8 Å². The number of benzene rings is 1. The molecule has 1 unspecified atom stereocenters. The predicted octanol–water partition coefficient (Wildman–Crippen LogP) is 5.61. The highest BCUT2D eigenvalue weighted by atomic mass is 35.5. The molecule has 1 N–H and O–H groups in total. The summed E-state index contributed by atoms with van der Waals surface area (Å²) in [6.45, 7) is 3.35. The molecule has 0 aliphatic heterocycles. The van der Waals surface area contributed by atoms with E-state index < -0.39 is 0 Å². The van der Waals surface area contributed by atoms with Crippen LogP contribution in [0, 0.1) is 5.92 Å². The smallest absolute Gasteiger partial charge is 0.0438 e. The summed E-state index contributed by atoms with van der Waals surface area (Å²) >= 11 is 6.32. The van der Waals surface area contributed by atoms with Crippen LogP contribution in [-0.2, 0) is 6.42 Å². The van der Waals surface area contributed by atoms with E-state index >= 15 is 0 Å². The van der Waals surface area contributed by atoms with Crippen molar-refractivity contribution in [2.24, 2.45) is 5.92 Å². The lowest BCUT2D eigenvalue weighted by atomic mass is 9.84. The molecule has 1 aromatic carbocycles. The maximum absolute atomic E-state index is 6.32. The van der Waals surface area contributed by atoms with E-state index in [0.717, 1.165) is 23.9 Å². The maximum atomic E-state index is 6.32. The Labute approximate surface area is 135 Å². The fraction of sp³-hybridized carbons (Fsp3) is 0.684. The number of hydrogen-bond acceptors (Lipinski definition) is 1. The summed E-state index contributed by atoms with van der Waals surface area (Å²) in [5.74, 6) is 0.968. The standard InChI is InChI=1S/C19H30ClN/c1-2-14-21-18(13-12-16-8-4-3-5-9-16)15-17-10-6-7-11-19(17)20/h6-7,10-11,16,18,21H,2-5,8-9,12-15H2,1H3. The minimum Gasteiger partial charge on any atom is -0.314 e. The second kappa shape index (κ2) is 9.48. The van der Waals surface area contributed by atoms with Crippen molar-refractivity contribution < 1.29 is 0 Å². The summed E-state index contributed by atoms with van der Waals surface area (Å²) < 4.78 is 0. The van der Waals surface area contributed by atoms with Crippen LogP contribution in [-0.4, -0.2) is 12.6 Å². The SMILES string of the molecule is CCCNC(CCC1CCCCC1)Cc1ccccc1Cl. The summed E-state index contributed by atoms with van der Waals surface area (Å²) in [5, 5.41) is 4.64. The molecule has 1 aromatic rings. The highest BCUT2D eigenvalue weighted by molar-refractivity contribution is 6.31. The Morgan fingerprint density at radius 1 is 1.19 bits per heavy atom. The lowest BCUT2D eigenvalue weighted by Crippen LogP contribution is -2.32. The van der Waals surface area contributed by atoms with Gasteiger partial charge in [0.2, 0.25) is 0 Å². The molecule has 1 nitrogen and oxygen atoms in total. The Balaban J connectivity index is 1.86. The van der Waals surface area contributed by atoms with Gasteiger partial charge >= 0.3 is 0 Å². The molecule has 2 rings (SSSR count). The van der Waals surface area contributed by atoms with E-state index in [4.69, 9.17) is 11.6 Å². The maximum Gasteiger partial charge on any atom is 0.0438 e. The van der Waals surface area contributed by atoms with Gasteiger partial charge in [-0.15, -0.1) is 0 Å². The van der Waals surface area contributed by atoms with Gasteiger partial charge in [-0.25, -0.2) is 0 Å². The Hall–Kier alpha value is -0.530. The summed E-state index contributed by atoms with van der Waals surface area (Å²) in [6.07, 6.45) is 12.2. The van der Waals surface area contributed by atoms with Gasteiger partial charge in [-0.3, -0.25) is 0 Å². The van der Waals surface area contributed by atoms with Gasteiger partial charge in [-0.2, -0.15) is 0 Å². The van der Waals surface area contributed by atoms with Gasteiger partial charge in [0, 0.05) is 11.1 Å². The monoisotopic (exact) mass is 307 g/mol. The summed E-state index contributed by atoms with van der Waals surface area (Å²) in [7, 11) is 0. The number of rotatable bonds is 8. The Morgan fingerprint density at radius 2 is 1.95 bits per heavy atom. The molecular formula is C19H30ClN. The van der Waals surface area contributed by atoms with Crippen LogP contribution in [0.2, 0.25) is 5.02 Å². The Morgan fingerprint density at radius 3 is 2.67 bits per heavy atom. The highest BCUT2D eigenvalue weighted by Crippen LogP contribution is 2.28. The Kier molecular flexibility index (Phi) is 7.60. The first-order valence-electron chi connectivity index (χ1n) is 8.76. The molecule has 118 valence electrons. The van der Waals surface area contributed by atoms with Crippen molar-refractivity contribution in [1.82, 2.24) is 5.32 Å². The molecule has 0 amide bonds. The lowest BCUT2D eigenvalue weighted by Gasteiger charge is -2.25. The molecule has 1 aliphatic carbocycles. The summed E-state index contributed by atoms with van der Waals surface area (Å²) in [6, 6.07) is 8.87. The van der Waals surface area contributed by atoms with Gasteiger partial charge in [0.05, 0.1) is 0 Å². The van der Waals surface area contributed by atoms with E-state index in [1.54, 1.807) is 0 Å². The van der Waals surface area contributed by atoms with E-state index in [-0.39, 0.29) is 0 Å². The van der Waals surface area contributed by atoms with Crippen LogP contribution in [0.25, 0.3) is 0 Å². The minimum atomic E-state index is 0.576. The molecular weight excluding hydrogens is 278 g/mol. The van der Waals surface area contributed by atoms with E-state index in [1.807, 2.05) is 12.1 Å². The second-order valence-corrected chi connectivity index (χ2v) is 6.94. The third-order valence-corrected chi connectivity index (χ3v) is 5.12. The van der Waals surface area contributed by atoms with Crippen LogP contribution in [0.4, 0.5) is 0 Å². The zero-order valence-electron chi connectivity index (χ0n) is 13.4. The Bertz CT molecular complexity index is 398. The topological polar surface area (TPSA) is 12.0 Å². The largest absolute Gasteiger partial charge is 0.314 e. The summed E-state index contributed by atoms with van der Waals surface area (Å²) in [4.78, 5) is 0.